The molecule has 4 aromatic rings. The Bertz CT molecular complexity index is 1410. The number of carbonyl (C=O) groups is 1. The van der Waals surface area contributed by atoms with Crippen molar-refractivity contribution >= 4 is 57.1 Å². The van der Waals surface area contributed by atoms with Crippen LogP contribution in [0.15, 0.2) is 36.1 Å². The Labute approximate surface area is 221 Å². The highest BCUT2D eigenvalue weighted by Crippen LogP contribution is 2.45. The fraction of sp³-hybridized carbons (Fsp3) is 0.333. The van der Waals surface area contributed by atoms with Gasteiger partial charge in [0.2, 0.25) is 5.95 Å². The van der Waals surface area contributed by atoms with E-state index in [1.54, 1.807) is 29.9 Å². The molecular weight excluding hydrogens is 516 g/mol. The van der Waals surface area contributed by atoms with Gasteiger partial charge in [0, 0.05) is 31.2 Å². The molecule has 6 rings (SSSR count). The van der Waals surface area contributed by atoms with Gasteiger partial charge in [0.05, 0.1) is 49.8 Å². The standard InChI is InChI=1S/C24H23ClN8OS2/c1-14-20(36-15(2)29-14)18-12-35-23(30-18)31-19-4-3-16(9-26-19)21(34)33-8-7-32(13-24(33)5-6-24)22-27-10-17(25)11-28-22/h3-4,9-12H,5-8,13H2,1-2H3,(H,26,30,31). The zero-order chi connectivity index (χ0) is 24.9. The summed E-state index contributed by atoms with van der Waals surface area (Å²) in [5.74, 6) is 1.31. The first-order valence-electron chi connectivity index (χ1n) is 11.6. The molecule has 1 amide bonds. The molecule has 2 aliphatic rings. The molecule has 1 N–H and O–H groups in total. The first-order chi connectivity index (χ1) is 17.4. The SMILES string of the molecule is Cc1nc(C)c(-c2csc(Nc3ccc(C(=O)N4CCN(c5ncc(Cl)cn5)CC45CC5)cn3)n2)s1. The van der Waals surface area contributed by atoms with E-state index in [0.29, 0.717) is 35.4 Å². The molecule has 0 unspecified atom stereocenters. The van der Waals surface area contributed by atoms with E-state index in [1.807, 2.05) is 36.3 Å². The van der Waals surface area contributed by atoms with Crippen molar-refractivity contribution < 1.29 is 4.79 Å². The summed E-state index contributed by atoms with van der Waals surface area (Å²) in [5, 5.41) is 7.56. The van der Waals surface area contributed by atoms with Gasteiger partial charge < -0.3 is 15.1 Å². The van der Waals surface area contributed by atoms with E-state index in [-0.39, 0.29) is 11.4 Å². The van der Waals surface area contributed by atoms with Crippen LogP contribution >= 0.6 is 34.3 Å². The lowest BCUT2D eigenvalue weighted by molar-refractivity contribution is 0.0623. The molecule has 1 spiro atoms. The average molecular weight is 539 g/mol. The second kappa shape index (κ2) is 9.06. The number of halogens is 1. The summed E-state index contributed by atoms with van der Waals surface area (Å²) in [5.41, 5.74) is 2.32. The summed E-state index contributed by atoms with van der Waals surface area (Å²) in [6, 6.07) is 3.65. The number of hydrogen-bond acceptors (Lipinski definition) is 10. The second-order valence-corrected chi connectivity index (χ2v) is 11.5. The summed E-state index contributed by atoms with van der Waals surface area (Å²) in [4.78, 5) is 41.0. The van der Waals surface area contributed by atoms with E-state index in [4.69, 9.17) is 11.6 Å². The lowest BCUT2D eigenvalue weighted by atomic mass is 10.1. The third-order valence-corrected chi connectivity index (χ3v) is 8.55. The van der Waals surface area contributed by atoms with Crippen LogP contribution in [0.2, 0.25) is 5.02 Å². The van der Waals surface area contributed by atoms with E-state index in [2.05, 4.69) is 35.1 Å². The molecule has 0 bridgehead atoms. The molecule has 9 nitrogen and oxygen atoms in total. The predicted molar refractivity (Wildman–Crippen MR) is 142 cm³/mol. The highest BCUT2D eigenvalue weighted by atomic mass is 35.5. The van der Waals surface area contributed by atoms with Gasteiger partial charge in [-0.2, -0.15) is 0 Å². The number of aromatic nitrogens is 5. The fourth-order valence-electron chi connectivity index (χ4n) is 4.57. The number of amides is 1. The first kappa shape index (κ1) is 23.3. The fourth-order valence-corrected chi connectivity index (χ4v) is 6.33. The average Bonchev–Trinajstić information content (AvgIpc) is 3.32. The zero-order valence-electron chi connectivity index (χ0n) is 19.7. The minimum Gasteiger partial charge on any atom is -0.337 e. The number of nitrogens with zero attached hydrogens (tertiary/aromatic N) is 7. The number of aryl methyl sites for hydroxylation is 2. The number of thiazole rings is 2. The van der Waals surface area contributed by atoms with Gasteiger partial charge in [-0.3, -0.25) is 4.79 Å². The lowest BCUT2D eigenvalue weighted by Crippen LogP contribution is -2.57. The summed E-state index contributed by atoms with van der Waals surface area (Å²) < 4.78 is 0. The zero-order valence-corrected chi connectivity index (χ0v) is 22.1. The largest absolute Gasteiger partial charge is 0.337 e. The van der Waals surface area contributed by atoms with Gasteiger partial charge in [-0.15, -0.1) is 22.7 Å². The predicted octanol–water partition coefficient (Wildman–Crippen LogP) is 4.96. The van der Waals surface area contributed by atoms with E-state index >= 15 is 0 Å². The molecule has 1 aliphatic carbocycles. The molecule has 5 heterocycles. The van der Waals surface area contributed by atoms with E-state index in [0.717, 1.165) is 45.8 Å². The molecule has 184 valence electrons. The van der Waals surface area contributed by atoms with Gasteiger partial charge in [0.25, 0.3) is 5.91 Å². The van der Waals surface area contributed by atoms with Crippen molar-refractivity contribution in [1.82, 2.24) is 29.8 Å². The van der Waals surface area contributed by atoms with Crippen LogP contribution in [0.1, 0.15) is 33.9 Å². The maximum absolute atomic E-state index is 13.4. The first-order valence-corrected chi connectivity index (χ1v) is 13.7. The summed E-state index contributed by atoms with van der Waals surface area (Å²) in [6.07, 6.45) is 6.80. The minimum absolute atomic E-state index is 0.01000. The van der Waals surface area contributed by atoms with Crippen LogP contribution in [0.3, 0.4) is 0 Å². The lowest BCUT2D eigenvalue weighted by Gasteiger charge is -2.42. The van der Waals surface area contributed by atoms with Crippen LogP contribution in [-0.2, 0) is 0 Å². The molecule has 0 radical (unpaired) electrons. The maximum atomic E-state index is 13.4. The van der Waals surface area contributed by atoms with Gasteiger partial charge in [0.1, 0.15) is 5.82 Å². The Kier molecular flexibility index (Phi) is 5.85. The smallest absolute Gasteiger partial charge is 0.256 e. The Hall–Kier alpha value is -3.15. The van der Waals surface area contributed by atoms with Gasteiger partial charge in [0.15, 0.2) is 5.13 Å². The van der Waals surface area contributed by atoms with Crippen molar-refractivity contribution in [2.45, 2.75) is 32.2 Å². The van der Waals surface area contributed by atoms with E-state index in [9.17, 15) is 4.79 Å². The third kappa shape index (κ3) is 4.42. The number of hydrogen-bond donors (Lipinski definition) is 1. The Morgan fingerprint density at radius 1 is 1.08 bits per heavy atom. The van der Waals surface area contributed by atoms with E-state index < -0.39 is 0 Å². The van der Waals surface area contributed by atoms with Crippen molar-refractivity contribution in [3.8, 4) is 10.6 Å². The topological polar surface area (TPSA) is 100 Å². The molecule has 0 aromatic carbocycles. The number of carbonyl (C=O) groups excluding carboxylic acids is 1. The maximum Gasteiger partial charge on any atom is 0.256 e. The summed E-state index contributed by atoms with van der Waals surface area (Å²) in [7, 11) is 0. The number of piperazine rings is 1. The van der Waals surface area contributed by atoms with Crippen LogP contribution in [-0.4, -0.2) is 60.9 Å². The molecule has 1 saturated heterocycles. The van der Waals surface area contributed by atoms with Gasteiger partial charge in [-0.05, 0) is 38.8 Å². The van der Waals surface area contributed by atoms with Crippen LogP contribution in [0.5, 0.6) is 0 Å². The quantitative estimate of drug-likeness (QED) is 0.380. The monoisotopic (exact) mass is 538 g/mol. The van der Waals surface area contributed by atoms with E-state index in [1.165, 1.54) is 11.3 Å². The molecule has 1 aliphatic heterocycles. The number of pyridine rings is 1. The molecule has 12 heteroatoms. The summed E-state index contributed by atoms with van der Waals surface area (Å²) >= 11 is 9.09. The van der Waals surface area contributed by atoms with Gasteiger partial charge >= 0.3 is 0 Å². The normalized spacial score (nSPS) is 16.4. The van der Waals surface area contributed by atoms with Crippen LogP contribution in [0.25, 0.3) is 10.6 Å². The highest BCUT2D eigenvalue weighted by molar-refractivity contribution is 7.16. The molecule has 1 saturated carbocycles. The van der Waals surface area contributed by atoms with Crippen LogP contribution < -0.4 is 10.2 Å². The number of nitrogens with one attached hydrogen (secondary N) is 1. The second-order valence-electron chi connectivity index (χ2n) is 9.05. The molecule has 36 heavy (non-hydrogen) atoms. The molecular formula is C24H23ClN8OS2. The Balaban J connectivity index is 1.12. The van der Waals surface area contributed by atoms with Crippen molar-refractivity contribution in [2.75, 3.05) is 29.9 Å². The van der Waals surface area contributed by atoms with Gasteiger partial charge in [-0.1, -0.05) is 11.6 Å². The Morgan fingerprint density at radius 2 is 1.89 bits per heavy atom. The summed E-state index contributed by atoms with van der Waals surface area (Å²) in [6.45, 7) is 6.01. The molecule has 0 atom stereocenters. The van der Waals surface area contributed by atoms with Gasteiger partial charge in [-0.25, -0.2) is 24.9 Å². The number of rotatable bonds is 5. The molecule has 2 fully saturated rings. The van der Waals surface area contributed by atoms with Crippen molar-refractivity contribution in [3.05, 3.63) is 57.4 Å². The highest BCUT2D eigenvalue weighted by Gasteiger charge is 2.53. The molecule has 4 aromatic heterocycles. The van der Waals surface area contributed by atoms with Crippen LogP contribution in [0.4, 0.5) is 16.9 Å². The third-order valence-electron chi connectivity index (χ3n) is 6.50. The van der Waals surface area contributed by atoms with Crippen molar-refractivity contribution in [3.63, 3.8) is 0 Å². The van der Waals surface area contributed by atoms with Crippen LogP contribution in [0, 0.1) is 13.8 Å². The van der Waals surface area contributed by atoms with Crippen molar-refractivity contribution in [1.29, 1.82) is 0 Å². The minimum atomic E-state index is -0.167. The Morgan fingerprint density at radius 3 is 2.56 bits per heavy atom. The number of anilines is 3. The van der Waals surface area contributed by atoms with Crippen molar-refractivity contribution in [2.24, 2.45) is 0 Å².